The number of carbonyl (C=O) groups excluding carboxylic acids is 2. The van der Waals surface area contributed by atoms with Crippen LogP contribution in [0, 0.1) is 0 Å². The molecule has 68 valence electrons. The molecule has 0 aromatic carbocycles. The van der Waals surface area contributed by atoms with Gasteiger partial charge in [0.2, 0.25) is 0 Å². The van der Waals surface area contributed by atoms with Gasteiger partial charge in [-0.25, -0.2) is 4.79 Å². The maximum Gasteiger partial charge on any atom is 0.330 e. The Balaban J connectivity index is 3.24. The Kier molecular flexibility index (Phi) is 7.24. The van der Waals surface area contributed by atoms with Crippen LogP contribution >= 0.6 is 0 Å². The number of carbonyl (C=O) groups is 2. The molecule has 3 heteroatoms. The minimum atomic E-state index is -0.328. The first kappa shape index (κ1) is 10.9. The highest BCUT2D eigenvalue weighted by molar-refractivity contribution is 5.81. The first-order chi connectivity index (χ1) is 5.81. The summed E-state index contributed by atoms with van der Waals surface area (Å²) in [5.41, 5.74) is 0. The first-order valence-corrected chi connectivity index (χ1v) is 3.99. The van der Waals surface area contributed by atoms with Crippen molar-refractivity contribution < 1.29 is 14.3 Å². The molecule has 0 bridgehead atoms. The van der Waals surface area contributed by atoms with Gasteiger partial charge >= 0.3 is 5.97 Å². The Hall–Kier alpha value is -1.12. The van der Waals surface area contributed by atoms with Crippen LogP contribution < -0.4 is 0 Å². The molecule has 0 atom stereocenters. The van der Waals surface area contributed by atoms with Crippen molar-refractivity contribution in [3.63, 3.8) is 0 Å². The Morgan fingerprint density at radius 3 is 2.58 bits per heavy atom. The van der Waals surface area contributed by atoms with E-state index < -0.39 is 0 Å². The molecule has 0 aliphatic rings. The smallest absolute Gasteiger partial charge is 0.330 e. The van der Waals surface area contributed by atoms with Crippen LogP contribution in [0.4, 0.5) is 0 Å². The SMILES string of the molecule is COC(=O)/C=C/CCCCC=O. The summed E-state index contributed by atoms with van der Waals surface area (Å²) in [5, 5.41) is 0. The highest BCUT2D eigenvalue weighted by Gasteiger charge is 1.89. The van der Waals surface area contributed by atoms with Crippen molar-refractivity contribution in [1.29, 1.82) is 0 Å². The molecule has 0 unspecified atom stereocenters. The van der Waals surface area contributed by atoms with Crippen molar-refractivity contribution in [2.75, 3.05) is 7.11 Å². The number of hydrogen-bond acceptors (Lipinski definition) is 3. The zero-order chi connectivity index (χ0) is 9.23. The Morgan fingerprint density at radius 1 is 1.33 bits per heavy atom. The van der Waals surface area contributed by atoms with Gasteiger partial charge in [0.1, 0.15) is 6.29 Å². The average Bonchev–Trinajstić information content (AvgIpc) is 2.10. The van der Waals surface area contributed by atoms with E-state index in [9.17, 15) is 9.59 Å². The van der Waals surface area contributed by atoms with Crippen molar-refractivity contribution in [2.24, 2.45) is 0 Å². The molecule has 0 aliphatic heterocycles. The molecule has 0 spiro atoms. The van der Waals surface area contributed by atoms with Crippen LogP contribution in [-0.2, 0) is 14.3 Å². The van der Waals surface area contributed by atoms with E-state index in [0.717, 1.165) is 25.5 Å². The molecule has 0 amide bonds. The van der Waals surface area contributed by atoms with Crippen LogP contribution in [0.3, 0.4) is 0 Å². The van der Waals surface area contributed by atoms with Gasteiger partial charge in [0.25, 0.3) is 0 Å². The highest BCUT2D eigenvalue weighted by atomic mass is 16.5. The summed E-state index contributed by atoms with van der Waals surface area (Å²) < 4.78 is 4.40. The second kappa shape index (κ2) is 7.98. The van der Waals surface area contributed by atoms with E-state index >= 15 is 0 Å². The number of rotatable bonds is 6. The van der Waals surface area contributed by atoms with E-state index in [1.165, 1.54) is 13.2 Å². The third kappa shape index (κ3) is 6.99. The molecule has 0 saturated heterocycles. The number of unbranched alkanes of at least 4 members (excludes halogenated alkanes) is 3. The fourth-order valence-electron chi connectivity index (χ4n) is 0.737. The van der Waals surface area contributed by atoms with Crippen LogP contribution in [0.15, 0.2) is 12.2 Å². The van der Waals surface area contributed by atoms with Gasteiger partial charge in [-0.15, -0.1) is 0 Å². The third-order valence-electron chi connectivity index (χ3n) is 1.40. The third-order valence-corrected chi connectivity index (χ3v) is 1.40. The molecule has 0 radical (unpaired) electrons. The minimum absolute atomic E-state index is 0.328. The predicted molar refractivity (Wildman–Crippen MR) is 45.7 cm³/mol. The van der Waals surface area contributed by atoms with Crippen LogP contribution in [0.5, 0.6) is 0 Å². The van der Waals surface area contributed by atoms with Gasteiger partial charge in [-0.1, -0.05) is 6.08 Å². The lowest BCUT2D eigenvalue weighted by Gasteiger charge is -1.91. The molecule has 0 aliphatic carbocycles. The summed E-state index contributed by atoms with van der Waals surface area (Å²) in [6.07, 6.45) is 7.32. The first-order valence-electron chi connectivity index (χ1n) is 3.99. The fraction of sp³-hybridized carbons (Fsp3) is 0.556. The van der Waals surface area contributed by atoms with Crippen LogP contribution in [0.1, 0.15) is 25.7 Å². The molecule has 0 aromatic rings. The van der Waals surface area contributed by atoms with Gasteiger partial charge in [0, 0.05) is 12.5 Å². The lowest BCUT2D eigenvalue weighted by molar-refractivity contribution is -0.134. The van der Waals surface area contributed by atoms with Gasteiger partial charge < -0.3 is 9.53 Å². The van der Waals surface area contributed by atoms with Gasteiger partial charge in [-0.05, 0) is 19.3 Å². The lowest BCUT2D eigenvalue weighted by Crippen LogP contribution is -1.93. The quantitative estimate of drug-likeness (QED) is 0.262. The Bertz CT molecular complexity index is 161. The summed E-state index contributed by atoms with van der Waals surface area (Å²) in [6.45, 7) is 0. The molecule has 12 heavy (non-hydrogen) atoms. The van der Waals surface area contributed by atoms with Gasteiger partial charge in [-0.2, -0.15) is 0 Å². The normalized spacial score (nSPS) is 10.1. The summed E-state index contributed by atoms with van der Waals surface area (Å²) >= 11 is 0. The molecule has 0 fully saturated rings. The minimum Gasteiger partial charge on any atom is -0.466 e. The van der Waals surface area contributed by atoms with E-state index in [-0.39, 0.29) is 5.97 Å². The second-order valence-electron chi connectivity index (χ2n) is 2.38. The Labute approximate surface area is 72.4 Å². The van der Waals surface area contributed by atoms with Gasteiger partial charge in [0.05, 0.1) is 7.11 Å². The molecule has 0 aromatic heterocycles. The second-order valence-corrected chi connectivity index (χ2v) is 2.38. The number of allylic oxidation sites excluding steroid dienone is 1. The Morgan fingerprint density at radius 2 is 2.00 bits per heavy atom. The fourth-order valence-corrected chi connectivity index (χ4v) is 0.737. The molecule has 0 rings (SSSR count). The average molecular weight is 170 g/mol. The van der Waals surface area contributed by atoms with Crippen LogP contribution in [0.2, 0.25) is 0 Å². The zero-order valence-corrected chi connectivity index (χ0v) is 7.29. The van der Waals surface area contributed by atoms with Crippen molar-refractivity contribution in [1.82, 2.24) is 0 Å². The monoisotopic (exact) mass is 170 g/mol. The van der Waals surface area contributed by atoms with E-state index in [2.05, 4.69) is 4.74 Å². The topological polar surface area (TPSA) is 43.4 Å². The summed E-state index contributed by atoms with van der Waals surface area (Å²) in [5.74, 6) is -0.328. The largest absolute Gasteiger partial charge is 0.466 e. The van der Waals surface area contributed by atoms with Gasteiger partial charge in [-0.3, -0.25) is 0 Å². The van der Waals surface area contributed by atoms with Crippen molar-refractivity contribution >= 4 is 12.3 Å². The van der Waals surface area contributed by atoms with Crippen molar-refractivity contribution in [3.8, 4) is 0 Å². The highest BCUT2D eigenvalue weighted by Crippen LogP contribution is 1.98. The maximum atomic E-state index is 10.5. The molecule has 0 heterocycles. The standard InChI is InChI=1S/C9H14O3/c1-12-9(11)7-5-3-2-4-6-8-10/h5,7-8H,2-4,6H2,1H3/b7-5+. The molecular formula is C9H14O3. The van der Waals surface area contributed by atoms with E-state index in [1.54, 1.807) is 6.08 Å². The van der Waals surface area contributed by atoms with Crippen LogP contribution in [-0.4, -0.2) is 19.4 Å². The summed E-state index contributed by atoms with van der Waals surface area (Å²) in [7, 11) is 1.35. The molecule has 3 nitrogen and oxygen atoms in total. The maximum absolute atomic E-state index is 10.5. The molecule has 0 saturated carbocycles. The number of ether oxygens (including phenoxy) is 1. The molecular weight excluding hydrogens is 156 g/mol. The van der Waals surface area contributed by atoms with Gasteiger partial charge in [0.15, 0.2) is 0 Å². The molecule has 0 N–H and O–H groups in total. The lowest BCUT2D eigenvalue weighted by atomic mass is 10.2. The number of aldehydes is 1. The summed E-state index contributed by atoms with van der Waals surface area (Å²) in [4.78, 5) is 20.4. The summed E-state index contributed by atoms with van der Waals surface area (Å²) in [6, 6.07) is 0. The van der Waals surface area contributed by atoms with Crippen molar-refractivity contribution in [2.45, 2.75) is 25.7 Å². The van der Waals surface area contributed by atoms with E-state index in [1.807, 2.05) is 0 Å². The zero-order valence-electron chi connectivity index (χ0n) is 7.29. The predicted octanol–water partition coefficient (Wildman–Crippen LogP) is 1.47. The number of hydrogen-bond donors (Lipinski definition) is 0. The number of esters is 1. The van der Waals surface area contributed by atoms with E-state index in [0.29, 0.717) is 6.42 Å². The van der Waals surface area contributed by atoms with Crippen molar-refractivity contribution in [3.05, 3.63) is 12.2 Å². The van der Waals surface area contributed by atoms with E-state index in [4.69, 9.17) is 0 Å². The van der Waals surface area contributed by atoms with Crippen LogP contribution in [0.25, 0.3) is 0 Å². The number of methoxy groups -OCH3 is 1.